The zero-order chi connectivity index (χ0) is 8.73. The standard InChI is InChI=1S/C3H6O3.CH2O3.Ca.2Mg.3H2O.6H/c1-2(4)3(5)6;2-1(3)4;;;;;;;;;;;;/h2,4H,1H3,(H,5,6);(H2,2,3,4);;;;3*1H2;;;;;;/q;;3*+2;;;;6*-1. The van der Waals surface area contributed by atoms with E-state index in [0.29, 0.717) is 0 Å². The van der Waals surface area contributed by atoms with Gasteiger partial charge in [0, 0.05) is 0 Å². The summed E-state index contributed by atoms with van der Waals surface area (Å²) in [6, 6.07) is 0. The summed E-state index contributed by atoms with van der Waals surface area (Å²) in [7, 11) is 0. The maximum Gasteiger partial charge on any atom is 2.00 e. The van der Waals surface area contributed by atoms with Gasteiger partial charge in [0.15, 0.2) is 0 Å². The molecule has 16 heavy (non-hydrogen) atoms. The molecule has 0 amide bonds. The summed E-state index contributed by atoms with van der Waals surface area (Å²) in [5.74, 6) is -1.19. The van der Waals surface area contributed by atoms with Gasteiger partial charge in [-0.25, -0.2) is 9.59 Å². The molecule has 0 aromatic carbocycles. The first-order valence-electron chi connectivity index (χ1n) is 2.20. The number of aliphatic carboxylic acids is 1. The molecule has 0 aliphatic rings. The third-order valence-corrected chi connectivity index (χ3v) is 0.357. The Morgan fingerprint density at radius 3 is 1.06 bits per heavy atom. The molecular formula is C4H20CaMg2O9. The number of rotatable bonds is 1. The normalized spacial score (nSPS) is 6.62. The van der Waals surface area contributed by atoms with Gasteiger partial charge in [0.1, 0.15) is 6.10 Å². The van der Waals surface area contributed by atoms with Gasteiger partial charge < -0.3 is 45.4 Å². The first-order chi connectivity index (χ1) is 4.37. The minimum atomic E-state index is -1.83. The van der Waals surface area contributed by atoms with E-state index in [0.717, 1.165) is 0 Å². The van der Waals surface area contributed by atoms with Gasteiger partial charge in [-0.2, -0.15) is 0 Å². The smallest absolute Gasteiger partial charge is 1.00 e. The Hall–Kier alpha value is 1.37. The van der Waals surface area contributed by atoms with E-state index < -0.39 is 18.2 Å². The second-order valence-corrected chi connectivity index (χ2v) is 1.30. The number of carboxylic acids is 1. The van der Waals surface area contributed by atoms with Crippen LogP contribution in [0.2, 0.25) is 0 Å². The van der Waals surface area contributed by atoms with Crippen molar-refractivity contribution in [1.29, 1.82) is 0 Å². The van der Waals surface area contributed by atoms with Gasteiger partial charge in [-0.3, -0.25) is 0 Å². The number of hydrogen-bond donors (Lipinski definition) is 4. The van der Waals surface area contributed by atoms with Crippen LogP contribution in [-0.4, -0.2) is 139 Å². The molecule has 1 atom stereocenters. The maximum atomic E-state index is 9.45. The van der Waals surface area contributed by atoms with Crippen LogP contribution in [0.15, 0.2) is 0 Å². The Morgan fingerprint density at radius 1 is 1.00 bits per heavy atom. The van der Waals surface area contributed by atoms with Gasteiger partial charge in [-0.1, -0.05) is 0 Å². The van der Waals surface area contributed by atoms with Gasteiger partial charge in [0.2, 0.25) is 0 Å². The van der Waals surface area contributed by atoms with Crippen molar-refractivity contribution in [2.45, 2.75) is 13.0 Å². The van der Waals surface area contributed by atoms with Gasteiger partial charge in [0.25, 0.3) is 0 Å². The van der Waals surface area contributed by atoms with Crippen molar-refractivity contribution in [3.05, 3.63) is 0 Å². The SMILES string of the molecule is CC(O)C(=O)O.O.O.O.O=C(O)O.[Ca+2].[H-].[H-].[H-].[H-].[H-].[H-].[Mg+2].[Mg+2]. The number of aliphatic hydroxyl groups is 1. The Balaban J connectivity index is -0.00000000319. The van der Waals surface area contributed by atoms with Crippen LogP contribution in [0.5, 0.6) is 0 Å². The molecule has 0 heterocycles. The molecule has 0 radical (unpaired) electrons. The molecule has 0 bridgehead atoms. The van der Waals surface area contributed by atoms with Crippen LogP contribution in [0, 0.1) is 0 Å². The number of carbonyl (C=O) groups is 2. The van der Waals surface area contributed by atoms with Crippen molar-refractivity contribution in [3.8, 4) is 0 Å². The largest absolute Gasteiger partial charge is 2.00 e. The molecule has 0 saturated heterocycles. The molecule has 0 aromatic heterocycles. The molecule has 0 fully saturated rings. The van der Waals surface area contributed by atoms with E-state index in [-0.39, 0.29) is 109 Å². The van der Waals surface area contributed by atoms with Crippen LogP contribution in [0.3, 0.4) is 0 Å². The van der Waals surface area contributed by atoms with Crippen molar-refractivity contribution >= 4 is 96.0 Å². The predicted octanol–water partition coefficient (Wildman–Crippen LogP) is -3.27. The zero-order valence-corrected chi connectivity index (χ0v) is 13.8. The summed E-state index contributed by atoms with van der Waals surface area (Å²) in [6.45, 7) is 1.20. The van der Waals surface area contributed by atoms with E-state index in [1.165, 1.54) is 6.92 Å². The topological polar surface area (TPSA) is 210 Å². The van der Waals surface area contributed by atoms with Crippen molar-refractivity contribution in [2.24, 2.45) is 0 Å². The molecule has 0 aliphatic carbocycles. The van der Waals surface area contributed by atoms with Crippen LogP contribution < -0.4 is 0 Å². The fourth-order valence-corrected chi connectivity index (χ4v) is 0. The monoisotopic (exact) mass is 300 g/mol. The van der Waals surface area contributed by atoms with Gasteiger partial charge in [-0.15, -0.1) is 0 Å². The van der Waals surface area contributed by atoms with Crippen LogP contribution in [0.4, 0.5) is 4.79 Å². The first kappa shape index (κ1) is 53.0. The van der Waals surface area contributed by atoms with Crippen molar-refractivity contribution in [2.75, 3.05) is 0 Å². The summed E-state index contributed by atoms with van der Waals surface area (Å²) < 4.78 is 0. The molecule has 0 spiro atoms. The maximum absolute atomic E-state index is 9.45. The summed E-state index contributed by atoms with van der Waals surface area (Å²) in [4.78, 5) is 18.0. The van der Waals surface area contributed by atoms with Crippen LogP contribution in [-0.2, 0) is 4.79 Å². The molecule has 0 saturated carbocycles. The molecular weight excluding hydrogens is 281 g/mol. The van der Waals surface area contributed by atoms with Gasteiger partial charge in [-0.05, 0) is 6.92 Å². The second kappa shape index (κ2) is 36.0. The third-order valence-electron chi connectivity index (χ3n) is 0.357. The predicted molar refractivity (Wildman–Crippen MR) is 64.7 cm³/mol. The van der Waals surface area contributed by atoms with E-state index in [2.05, 4.69) is 0 Å². The Bertz CT molecular complexity index is 147. The Morgan fingerprint density at radius 2 is 1.06 bits per heavy atom. The molecule has 9 nitrogen and oxygen atoms in total. The van der Waals surface area contributed by atoms with E-state index in [1.807, 2.05) is 0 Å². The fourth-order valence-electron chi connectivity index (χ4n) is 0. The van der Waals surface area contributed by atoms with Crippen LogP contribution >= 0.6 is 0 Å². The number of aliphatic hydroxyl groups excluding tert-OH is 1. The average Bonchev–Trinajstić information content (AvgIpc) is 1.63. The molecule has 10 N–H and O–H groups in total. The summed E-state index contributed by atoms with van der Waals surface area (Å²) in [5.41, 5.74) is 0. The second-order valence-electron chi connectivity index (χ2n) is 1.30. The number of carboxylic acid groups (broad SMARTS) is 3. The Labute approximate surface area is 162 Å². The van der Waals surface area contributed by atoms with E-state index in [9.17, 15) is 4.79 Å². The summed E-state index contributed by atoms with van der Waals surface area (Å²) >= 11 is 0. The minimum Gasteiger partial charge on any atom is -1.00 e. The average molecular weight is 301 g/mol. The molecule has 1 unspecified atom stereocenters. The van der Waals surface area contributed by atoms with Crippen molar-refractivity contribution in [1.82, 2.24) is 0 Å². The first-order valence-corrected chi connectivity index (χ1v) is 2.20. The molecule has 0 aliphatic heterocycles. The Kier molecular flexibility index (Phi) is 119. The molecule has 96 valence electrons. The zero-order valence-electron chi connectivity index (χ0n) is 14.8. The fraction of sp³-hybridized carbons (Fsp3) is 0.500. The van der Waals surface area contributed by atoms with Crippen molar-refractivity contribution in [3.63, 3.8) is 0 Å². The molecule has 12 heteroatoms. The van der Waals surface area contributed by atoms with Crippen molar-refractivity contribution < 1.29 is 55.0 Å². The summed E-state index contributed by atoms with van der Waals surface area (Å²) in [6.07, 6.45) is -3.06. The molecule has 0 aromatic rings. The van der Waals surface area contributed by atoms with E-state index in [1.54, 1.807) is 0 Å². The van der Waals surface area contributed by atoms with E-state index in [4.69, 9.17) is 25.2 Å². The van der Waals surface area contributed by atoms with Crippen LogP contribution in [0.1, 0.15) is 15.5 Å². The minimum absolute atomic E-state index is 0. The number of hydrogen-bond acceptors (Lipinski definition) is 3. The van der Waals surface area contributed by atoms with E-state index >= 15 is 0 Å². The van der Waals surface area contributed by atoms with Gasteiger partial charge >= 0.3 is 96.0 Å². The van der Waals surface area contributed by atoms with Gasteiger partial charge in [0.05, 0.1) is 0 Å². The van der Waals surface area contributed by atoms with Crippen LogP contribution in [0.25, 0.3) is 0 Å². The summed E-state index contributed by atoms with van der Waals surface area (Å²) in [5, 5.41) is 29.7. The third kappa shape index (κ3) is 110. The quantitative estimate of drug-likeness (QED) is 0.364. The molecule has 0 rings (SSSR count).